The van der Waals surface area contributed by atoms with Crippen LogP contribution >= 0.6 is 0 Å². The zero-order chi connectivity index (χ0) is 15.4. The van der Waals surface area contributed by atoms with Crippen LogP contribution in [0.3, 0.4) is 0 Å². The fourth-order valence-corrected chi connectivity index (χ4v) is 4.01. The molecule has 0 saturated carbocycles. The number of hydrogen-bond acceptors (Lipinski definition) is 3. The second kappa shape index (κ2) is 7.26. The summed E-state index contributed by atoms with van der Waals surface area (Å²) in [6.45, 7) is 13.5. The van der Waals surface area contributed by atoms with Gasteiger partial charge >= 0.3 is 0 Å². The van der Waals surface area contributed by atoms with Gasteiger partial charge in [-0.2, -0.15) is 0 Å². The minimum Gasteiger partial charge on any atom is -0.374 e. The number of nitrogens with zero attached hydrogens (tertiary/aromatic N) is 1. The third-order valence-corrected chi connectivity index (χ3v) is 5.20. The average molecular weight is 291 g/mol. The van der Waals surface area contributed by atoms with Gasteiger partial charge in [-0.25, -0.2) is 0 Å². The van der Waals surface area contributed by atoms with E-state index in [-0.39, 0.29) is 18.2 Å². The van der Waals surface area contributed by atoms with Gasteiger partial charge in [0.05, 0.1) is 18.2 Å². The van der Waals surface area contributed by atoms with E-state index < -0.39 is 0 Å². The van der Waals surface area contributed by atoms with Gasteiger partial charge in [-0.15, -0.1) is 6.58 Å². The molecule has 0 aliphatic carbocycles. The molecule has 0 spiro atoms. The fraction of sp³-hybridized carbons (Fsp3) is 0.722. The van der Waals surface area contributed by atoms with E-state index in [1.807, 2.05) is 6.08 Å². The highest BCUT2D eigenvalue weighted by molar-refractivity contribution is 5.58. The van der Waals surface area contributed by atoms with E-state index in [1.54, 1.807) is 0 Å². The van der Waals surface area contributed by atoms with E-state index in [4.69, 9.17) is 4.74 Å². The van der Waals surface area contributed by atoms with Crippen molar-refractivity contribution in [1.82, 2.24) is 4.90 Å². The van der Waals surface area contributed by atoms with E-state index >= 15 is 0 Å². The number of rotatable bonds is 6. The number of aldehydes is 1. The van der Waals surface area contributed by atoms with Crippen LogP contribution in [-0.4, -0.2) is 36.0 Å². The fourth-order valence-electron chi connectivity index (χ4n) is 4.01. The van der Waals surface area contributed by atoms with Crippen molar-refractivity contribution in [2.75, 3.05) is 6.54 Å². The lowest BCUT2D eigenvalue weighted by molar-refractivity contribution is -0.112. The quantitative estimate of drug-likeness (QED) is 0.553. The number of piperidine rings is 1. The van der Waals surface area contributed by atoms with Crippen molar-refractivity contribution in [3.05, 3.63) is 24.9 Å². The molecule has 0 aromatic heterocycles. The molecule has 2 rings (SSSR count). The lowest BCUT2D eigenvalue weighted by Crippen LogP contribution is -2.40. The second-order valence-corrected chi connectivity index (χ2v) is 6.43. The van der Waals surface area contributed by atoms with Gasteiger partial charge < -0.3 is 14.4 Å². The monoisotopic (exact) mass is 291 g/mol. The summed E-state index contributed by atoms with van der Waals surface area (Å²) in [5.74, 6) is 0.935. The van der Waals surface area contributed by atoms with Crippen LogP contribution in [0.15, 0.2) is 24.9 Å². The maximum Gasteiger partial charge on any atom is 0.142 e. The summed E-state index contributed by atoms with van der Waals surface area (Å²) in [4.78, 5) is 13.4. The minimum atomic E-state index is 0.0142. The Morgan fingerprint density at radius 3 is 2.81 bits per heavy atom. The molecule has 3 heteroatoms. The van der Waals surface area contributed by atoms with Crippen LogP contribution in [-0.2, 0) is 9.53 Å². The summed E-state index contributed by atoms with van der Waals surface area (Å²) < 4.78 is 6.15. The molecule has 0 N–H and O–H groups in total. The van der Waals surface area contributed by atoms with E-state index in [0.29, 0.717) is 11.8 Å². The molecule has 0 radical (unpaired) electrons. The first kappa shape index (κ1) is 16.3. The predicted molar refractivity (Wildman–Crippen MR) is 86.0 cm³/mol. The van der Waals surface area contributed by atoms with E-state index in [1.165, 1.54) is 0 Å². The van der Waals surface area contributed by atoms with Crippen molar-refractivity contribution in [2.24, 2.45) is 11.8 Å². The van der Waals surface area contributed by atoms with Crippen LogP contribution in [0.1, 0.15) is 46.0 Å². The molecule has 2 aliphatic heterocycles. The molecule has 0 bridgehead atoms. The summed E-state index contributed by atoms with van der Waals surface area (Å²) >= 11 is 0. The molecule has 3 nitrogen and oxygen atoms in total. The standard InChI is InChI=1S/C18H29NO2/c1-5-16-14(4)21-18(17(16)6-2)11-13(3)19-10-8-7-9-15(19)12-20/h5,12,14-18H,1,3,6-11H2,2,4H3/t14?,15-,16?,17?,18?/m0/s1. The first-order valence-corrected chi connectivity index (χ1v) is 8.30. The van der Waals surface area contributed by atoms with Gasteiger partial charge in [-0.3, -0.25) is 0 Å². The van der Waals surface area contributed by atoms with Gasteiger partial charge in [0.25, 0.3) is 0 Å². The molecular weight excluding hydrogens is 262 g/mol. The Morgan fingerprint density at radius 2 is 2.19 bits per heavy atom. The minimum absolute atomic E-state index is 0.0142. The Balaban J connectivity index is 2.01. The lowest BCUT2D eigenvalue weighted by atomic mass is 9.84. The maximum atomic E-state index is 11.3. The summed E-state index contributed by atoms with van der Waals surface area (Å²) in [5.41, 5.74) is 1.06. The van der Waals surface area contributed by atoms with E-state index in [0.717, 1.165) is 50.6 Å². The van der Waals surface area contributed by atoms with Gasteiger partial charge in [-0.05, 0) is 32.1 Å². The van der Waals surface area contributed by atoms with Crippen LogP contribution in [0.2, 0.25) is 0 Å². The van der Waals surface area contributed by atoms with E-state index in [2.05, 4.69) is 31.9 Å². The first-order valence-electron chi connectivity index (χ1n) is 8.30. The van der Waals surface area contributed by atoms with Crippen LogP contribution in [0.4, 0.5) is 0 Å². The van der Waals surface area contributed by atoms with Crippen LogP contribution < -0.4 is 0 Å². The van der Waals surface area contributed by atoms with Crippen molar-refractivity contribution in [2.45, 2.75) is 64.2 Å². The third-order valence-electron chi connectivity index (χ3n) is 5.20. The normalized spacial score (nSPS) is 36.5. The Bertz CT molecular complexity index is 393. The molecular formula is C18H29NO2. The van der Waals surface area contributed by atoms with Gasteiger partial charge in [0.15, 0.2) is 0 Å². The zero-order valence-corrected chi connectivity index (χ0v) is 13.5. The molecule has 5 atom stereocenters. The number of carbonyl (C=O) groups excluding carboxylic acids is 1. The maximum absolute atomic E-state index is 11.3. The summed E-state index contributed by atoms with van der Waals surface area (Å²) in [7, 11) is 0. The van der Waals surface area contributed by atoms with E-state index in [9.17, 15) is 4.79 Å². The molecule has 0 aromatic carbocycles. The highest BCUT2D eigenvalue weighted by atomic mass is 16.5. The van der Waals surface area contributed by atoms with Gasteiger partial charge in [0, 0.05) is 24.6 Å². The largest absolute Gasteiger partial charge is 0.374 e. The van der Waals surface area contributed by atoms with Gasteiger partial charge in [0.1, 0.15) is 6.29 Å². The van der Waals surface area contributed by atoms with Crippen molar-refractivity contribution in [3.8, 4) is 0 Å². The molecule has 21 heavy (non-hydrogen) atoms. The first-order chi connectivity index (χ1) is 10.1. The highest BCUT2D eigenvalue weighted by Crippen LogP contribution is 2.39. The molecule has 0 aromatic rings. The Labute approximate surface area is 129 Å². The molecule has 4 unspecified atom stereocenters. The smallest absolute Gasteiger partial charge is 0.142 e. The van der Waals surface area contributed by atoms with Crippen LogP contribution in [0.25, 0.3) is 0 Å². The van der Waals surface area contributed by atoms with Crippen molar-refractivity contribution in [3.63, 3.8) is 0 Å². The predicted octanol–water partition coefficient (Wildman–Crippen LogP) is 3.56. The molecule has 0 amide bonds. The number of carbonyl (C=O) groups is 1. The van der Waals surface area contributed by atoms with Gasteiger partial charge in [-0.1, -0.05) is 26.0 Å². The van der Waals surface area contributed by atoms with Crippen LogP contribution in [0, 0.1) is 11.8 Å². The SMILES string of the molecule is C=CC1C(C)OC(CC(=C)N2CCCC[C@H]2C=O)C1CC. The topological polar surface area (TPSA) is 29.5 Å². The molecule has 2 fully saturated rings. The summed E-state index contributed by atoms with van der Waals surface area (Å²) in [6, 6.07) is 0.0142. The summed E-state index contributed by atoms with van der Waals surface area (Å²) in [6.07, 6.45) is 8.72. The summed E-state index contributed by atoms with van der Waals surface area (Å²) in [5, 5.41) is 0. The molecule has 2 aliphatic rings. The Kier molecular flexibility index (Phi) is 5.63. The Morgan fingerprint density at radius 1 is 1.43 bits per heavy atom. The number of likely N-dealkylation sites (tertiary alicyclic amines) is 1. The number of hydrogen-bond donors (Lipinski definition) is 0. The Hall–Kier alpha value is -1.09. The molecule has 2 heterocycles. The third kappa shape index (κ3) is 3.39. The molecule has 2 saturated heterocycles. The average Bonchev–Trinajstić information content (AvgIpc) is 2.81. The van der Waals surface area contributed by atoms with Gasteiger partial charge in [0.2, 0.25) is 0 Å². The van der Waals surface area contributed by atoms with Crippen LogP contribution in [0.5, 0.6) is 0 Å². The number of ether oxygens (including phenoxy) is 1. The highest BCUT2D eigenvalue weighted by Gasteiger charge is 2.40. The van der Waals surface area contributed by atoms with Crippen molar-refractivity contribution >= 4 is 6.29 Å². The van der Waals surface area contributed by atoms with Crippen molar-refractivity contribution in [1.29, 1.82) is 0 Å². The molecule has 118 valence electrons. The van der Waals surface area contributed by atoms with Crippen molar-refractivity contribution < 1.29 is 9.53 Å². The zero-order valence-electron chi connectivity index (χ0n) is 13.5. The lowest BCUT2D eigenvalue weighted by Gasteiger charge is -2.37. The second-order valence-electron chi connectivity index (χ2n) is 6.43.